The largest absolute Gasteiger partial charge is 0.361 e. The van der Waals surface area contributed by atoms with E-state index in [0.29, 0.717) is 0 Å². The van der Waals surface area contributed by atoms with Gasteiger partial charge in [-0.3, -0.25) is 4.57 Å². The molecule has 142 valence electrons. The number of aromatic nitrogens is 4. The van der Waals surface area contributed by atoms with Gasteiger partial charge in [0.05, 0.1) is 5.69 Å². The number of thioether (sulfide) groups is 1. The van der Waals surface area contributed by atoms with Crippen LogP contribution in [0.25, 0.3) is 17.1 Å². The van der Waals surface area contributed by atoms with Crippen LogP contribution >= 0.6 is 11.8 Å². The van der Waals surface area contributed by atoms with Crippen molar-refractivity contribution in [1.29, 1.82) is 0 Å². The lowest BCUT2D eigenvalue weighted by Crippen LogP contribution is -2.01. The molecule has 0 spiro atoms. The molecule has 28 heavy (non-hydrogen) atoms. The highest BCUT2D eigenvalue weighted by Crippen LogP contribution is 2.29. The second-order valence-corrected chi connectivity index (χ2v) is 7.45. The lowest BCUT2D eigenvalue weighted by molar-refractivity contribution is 0.392. The van der Waals surface area contributed by atoms with E-state index in [1.807, 2.05) is 48.7 Å². The summed E-state index contributed by atoms with van der Waals surface area (Å²) in [6, 6.07) is 16.2. The summed E-state index contributed by atoms with van der Waals surface area (Å²) in [4.78, 5) is 0. The Hall–Kier alpha value is -2.93. The fourth-order valence-corrected chi connectivity index (χ4v) is 3.97. The molecule has 2 heterocycles. The molecule has 5 nitrogen and oxygen atoms in total. The number of aryl methyl sites for hydroxylation is 2. The topological polar surface area (TPSA) is 56.7 Å². The summed E-state index contributed by atoms with van der Waals surface area (Å²) < 4.78 is 20.6. The Labute approximate surface area is 166 Å². The molecule has 0 fully saturated rings. The van der Waals surface area contributed by atoms with Crippen LogP contribution in [0.3, 0.4) is 0 Å². The molecule has 0 aliphatic rings. The quantitative estimate of drug-likeness (QED) is 0.430. The Bertz CT molecular complexity index is 1050. The van der Waals surface area contributed by atoms with Crippen molar-refractivity contribution in [2.45, 2.75) is 25.4 Å². The van der Waals surface area contributed by atoms with E-state index < -0.39 is 0 Å². The highest BCUT2D eigenvalue weighted by atomic mass is 32.2. The minimum atomic E-state index is -0.273. The van der Waals surface area contributed by atoms with E-state index >= 15 is 0 Å². The Morgan fingerprint density at radius 3 is 2.43 bits per heavy atom. The average molecular weight is 394 g/mol. The smallest absolute Gasteiger partial charge is 0.196 e. The zero-order valence-corrected chi connectivity index (χ0v) is 16.4. The highest BCUT2D eigenvalue weighted by Gasteiger charge is 2.17. The van der Waals surface area contributed by atoms with Crippen LogP contribution in [0.1, 0.15) is 17.0 Å². The summed E-state index contributed by atoms with van der Waals surface area (Å²) in [5.74, 6) is 2.11. The molecular weight excluding hydrogens is 375 g/mol. The van der Waals surface area contributed by atoms with Crippen LogP contribution in [-0.4, -0.2) is 25.7 Å². The van der Waals surface area contributed by atoms with Crippen molar-refractivity contribution in [3.05, 3.63) is 77.4 Å². The lowest BCUT2D eigenvalue weighted by atomic mass is 10.1. The third-order valence-corrected chi connectivity index (χ3v) is 5.45. The van der Waals surface area contributed by atoms with Crippen molar-refractivity contribution >= 4 is 11.8 Å². The number of halogens is 1. The van der Waals surface area contributed by atoms with Gasteiger partial charge in [-0.15, -0.1) is 10.2 Å². The Kier molecular flexibility index (Phi) is 5.25. The highest BCUT2D eigenvalue weighted by molar-refractivity contribution is 7.99. The number of rotatable bonds is 6. The van der Waals surface area contributed by atoms with E-state index in [1.54, 1.807) is 23.9 Å². The van der Waals surface area contributed by atoms with Crippen LogP contribution in [-0.2, 0) is 6.42 Å². The number of hydrogen-bond donors (Lipinski definition) is 0. The van der Waals surface area contributed by atoms with Crippen LogP contribution in [0.5, 0.6) is 0 Å². The standard InChI is InChI=1S/C21H19FN4OS/c1-14-19(15(2)27-25-14)12-13-28-21-24-23-20(16-6-4-3-5-7-16)26(21)18-10-8-17(22)9-11-18/h3-11H,12-13H2,1-2H3. The van der Waals surface area contributed by atoms with E-state index in [4.69, 9.17) is 4.52 Å². The molecule has 0 saturated carbocycles. The van der Waals surface area contributed by atoms with Gasteiger partial charge in [0, 0.05) is 22.6 Å². The van der Waals surface area contributed by atoms with Crippen molar-refractivity contribution in [2.75, 3.05) is 5.75 Å². The van der Waals surface area contributed by atoms with E-state index in [9.17, 15) is 4.39 Å². The SMILES string of the molecule is Cc1noc(C)c1CCSc1nnc(-c2ccccc2)n1-c1ccc(F)cc1. The Balaban J connectivity index is 1.65. The van der Waals surface area contributed by atoms with Crippen LogP contribution in [0.2, 0.25) is 0 Å². The number of hydrogen-bond acceptors (Lipinski definition) is 5. The van der Waals surface area contributed by atoms with E-state index in [-0.39, 0.29) is 5.82 Å². The van der Waals surface area contributed by atoms with Gasteiger partial charge in [-0.25, -0.2) is 4.39 Å². The summed E-state index contributed by atoms with van der Waals surface area (Å²) >= 11 is 1.60. The third kappa shape index (κ3) is 3.71. The molecule has 0 N–H and O–H groups in total. The first-order chi connectivity index (χ1) is 13.6. The molecule has 0 aliphatic carbocycles. The van der Waals surface area contributed by atoms with E-state index in [0.717, 1.165) is 51.4 Å². The minimum Gasteiger partial charge on any atom is -0.361 e. The van der Waals surface area contributed by atoms with Crippen molar-refractivity contribution < 1.29 is 8.91 Å². The molecule has 4 rings (SSSR count). The maximum absolute atomic E-state index is 13.4. The Morgan fingerprint density at radius 1 is 1.00 bits per heavy atom. The molecule has 0 saturated heterocycles. The van der Waals surface area contributed by atoms with E-state index in [2.05, 4.69) is 15.4 Å². The molecule has 0 amide bonds. The first-order valence-electron chi connectivity index (χ1n) is 8.95. The average Bonchev–Trinajstić information content (AvgIpc) is 3.27. The molecule has 2 aromatic carbocycles. The molecule has 0 aliphatic heterocycles. The summed E-state index contributed by atoms with van der Waals surface area (Å²) in [7, 11) is 0. The summed E-state index contributed by atoms with van der Waals surface area (Å²) in [6.07, 6.45) is 0.822. The molecule has 0 bridgehead atoms. The summed E-state index contributed by atoms with van der Waals surface area (Å²) in [5, 5.41) is 13.6. The molecule has 7 heteroatoms. The minimum absolute atomic E-state index is 0.273. The van der Waals surface area contributed by atoms with Gasteiger partial charge in [0.1, 0.15) is 11.6 Å². The molecule has 2 aromatic heterocycles. The van der Waals surface area contributed by atoms with Crippen molar-refractivity contribution in [3.8, 4) is 17.1 Å². The second-order valence-electron chi connectivity index (χ2n) is 6.39. The molecule has 0 atom stereocenters. The summed E-state index contributed by atoms with van der Waals surface area (Å²) in [6.45, 7) is 3.87. The van der Waals surface area contributed by atoms with Gasteiger partial charge in [-0.05, 0) is 44.5 Å². The van der Waals surface area contributed by atoms with Crippen molar-refractivity contribution in [3.63, 3.8) is 0 Å². The first-order valence-corrected chi connectivity index (χ1v) is 9.93. The number of nitrogens with zero attached hydrogens (tertiary/aromatic N) is 4. The van der Waals surface area contributed by atoms with Gasteiger partial charge >= 0.3 is 0 Å². The predicted molar refractivity (Wildman–Crippen MR) is 107 cm³/mol. The Morgan fingerprint density at radius 2 is 1.75 bits per heavy atom. The fourth-order valence-electron chi connectivity index (χ4n) is 3.06. The van der Waals surface area contributed by atoms with Crippen LogP contribution in [0, 0.1) is 19.7 Å². The van der Waals surface area contributed by atoms with Crippen molar-refractivity contribution in [1.82, 2.24) is 19.9 Å². The third-order valence-electron chi connectivity index (χ3n) is 4.51. The van der Waals surface area contributed by atoms with Crippen molar-refractivity contribution in [2.24, 2.45) is 0 Å². The van der Waals surface area contributed by atoms with Gasteiger partial charge in [0.2, 0.25) is 0 Å². The van der Waals surface area contributed by atoms with Gasteiger partial charge in [0.15, 0.2) is 11.0 Å². The van der Waals surface area contributed by atoms with Crippen LogP contribution < -0.4 is 0 Å². The zero-order valence-electron chi connectivity index (χ0n) is 15.6. The molecule has 0 radical (unpaired) electrons. The normalized spacial score (nSPS) is 11.1. The fraction of sp³-hybridized carbons (Fsp3) is 0.190. The van der Waals surface area contributed by atoms with Crippen LogP contribution in [0.15, 0.2) is 64.3 Å². The first kappa shape index (κ1) is 18.4. The van der Waals surface area contributed by atoms with E-state index in [1.165, 1.54) is 12.1 Å². The van der Waals surface area contributed by atoms with Gasteiger partial charge < -0.3 is 4.52 Å². The zero-order chi connectivity index (χ0) is 19.5. The lowest BCUT2D eigenvalue weighted by Gasteiger charge is -2.10. The maximum atomic E-state index is 13.4. The summed E-state index contributed by atoms with van der Waals surface area (Å²) in [5.41, 5.74) is 3.83. The van der Waals surface area contributed by atoms with Gasteiger partial charge in [-0.1, -0.05) is 47.3 Å². The predicted octanol–water partition coefficient (Wildman–Crippen LogP) is 5.01. The molecule has 0 unspecified atom stereocenters. The maximum Gasteiger partial charge on any atom is 0.196 e. The number of benzene rings is 2. The van der Waals surface area contributed by atoms with Gasteiger partial charge in [-0.2, -0.15) is 0 Å². The van der Waals surface area contributed by atoms with Crippen LogP contribution in [0.4, 0.5) is 4.39 Å². The molecule has 4 aromatic rings. The second kappa shape index (κ2) is 7.98. The van der Waals surface area contributed by atoms with Gasteiger partial charge in [0.25, 0.3) is 0 Å². The monoisotopic (exact) mass is 394 g/mol. The molecular formula is C21H19FN4OS.